The second-order valence-corrected chi connectivity index (χ2v) is 8.08. The van der Waals surface area contributed by atoms with E-state index < -0.39 is 0 Å². The average Bonchev–Trinajstić information content (AvgIpc) is 3.08. The van der Waals surface area contributed by atoms with Crippen molar-refractivity contribution in [2.24, 2.45) is 5.41 Å². The van der Waals surface area contributed by atoms with Gasteiger partial charge in [-0.05, 0) is 37.8 Å². The van der Waals surface area contributed by atoms with Crippen molar-refractivity contribution in [2.75, 3.05) is 26.2 Å². The molecule has 0 aliphatic carbocycles. The molecule has 2 aliphatic heterocycles. The standard InChI is InChI=1S/C21H28N4O2/c1-17-22-23-19(27-17)14-24-12-5-10-21(15-24)11-8-20(26)25(16-21)13-9-18-6-3-2-4-7-18/h2-4,6-7H,5,8-16H2,1H3. The molecule has 27 heavy (non-hydrogen) atoms. The number of likely N-dealkylation sites (tertiary alicyclic amines) is 2. The molecule has 2 fully saturated rings. The Morgan fingerprint density at radius 1 is 1.15 bits per heavy atom. The highest BCUT2D eigenvalue weighted by atomic mass is 16.4. The maximum atomic E-state index is 12.5. The predicted octanol–water partition coefficient (Wildman–Crippen LogP) is 2.83. The Labute approximate surface area is 160 Å². The fraction of sp³-hybridized carbons (Fsp3) is 0.571. The van der Waals surface area contributed by atoms with E-state index in [4.69, 9.17) is 4.42 Å². The van der Waals surface area contributed by atoms with Crippen molar-refractivity contribution >= 4 is 5.91 Å². The molecule has 144 valence electrons. The van der Waals surface area contributed by atoms with E-state index in [0.717, 1.165) is 45.4 Å². The second kappa shape index (κ2) is 7.80. The Morgan fingerprint density at radius 2 is 2.00 bits per heavy atom. The van der Waals surface area contributed by atoms with Gasteiger partial charge in [-0.2, -0.15) is 0 Å². The van der Waals surface area contributed by atoms with Crippen molar-refractivity contribution in [1.29, 1.82) is 0 Å². The summed E-state index contributed by atoms with van der Waals surface area (Å²) in [5.41, 5.74) is 1.50. The number of hydrogen-bond acceptors (Lipinski definition) is 5. The Bertz CT molecular complexity index is 775. The Morgan fingerprint density at radius 3 is 2.78 bits per heavy atom. The third-order valence-electron chi connectivity index (χ3n) is 5.93. The monoisotopic (exact) mass is 368 g/mol. The molecule has 2 aromatic rings. The van der Waals surface area contributed by atoms with Gasteiger partial charge in [-0.1, -0.05) is 30.3 Å². The summed E-state index contributed by atoms with van der Waals surface area (Å²) in [6.07, 6.45) is 4.94. The van der Waals surface area contributed by atoms with Gasteiger partial charge in [0.05, 0.1) is 6.54 Å². The first-order valence-corrected chi connectivity index (χ1v) is 9.95. The SMILES string of the molecule is Cc1nnc(CN2CCCC3(CCC(=O)N(CCc4ccccc4)C3)C2)o1. The zero-order valence-electron chi connectivity index (χ0n) is 16.1. The molecular formula is C21H28N4O2. The van der Waals surface area contributed by atoms with Crippen molar-refractivity contribution in [3.63, 3.8) is 0 Å². The Balaban J connectivity index is 1.38. The van der Waals surface area contributed by atoms with Crippen molar-refractivity contribution < 1.29 is 9.21 Å². The molecular weight excluding hydrogens is 340 g/mol. The van der Waals surface area contributed by atoms with Crippen molar-refractivity contribution in [3.05, 3.63) is 47.7 Å². The van der Waals surface area contributed by atoms with Gasteiger partial charge < -0.3 is 9.32 Å². The van der Waals surface area contributed by atoms with Gasteiger partial charge in [0, 0.05) is 38.4 Å². The van der Waals surface area contributed by atoms with E-state index in [0.29, 0.717) is 30.7 Å². The van der Waals surface area contributed by atoms with Crippen LogP contribution in [0.15, 0.2) is 34.7 Å². The lowest BCUT2D eigenvalue weighted by Crippen LogP contribution is -2.54. The molecule has 1 atom stereocenters. The molecule has 4 rings (SSSR count). The van der Waals surface area contributed by atoms with E-state index in [9.17, 15) is 4.79 Å². The number of aromatic nitrogens is 2. The van der Waals surface area contributed by atoms with Crippen LogP contribution in [-0.4, -0.2) is 52.1 Å². The number of nitrogens with zero attached hydrogens (tertiary/aromatic N) is 4. The molecule has 0 radical (unpaired) electrons. The van der Waals surface area contributed by atoms with E-state index in [1.54, 1.807) is 0 Å². The van der Waals surface area contributed by atoms with E-state index in [1.165, 1.54) is 12.0 Å². The third-order valence-corrected chi connectivity index (χ3v) is 5.93. The minimum Gasteiger partial charge on any atom is -0.424 e. The molecule has 1 unspecified atom stereocenters. The Hall–Kier alpha value is -2.21. The lowest BCUT2D eigenvalue weighted by atomic mass is 9.73. The molecule has 0 N–H and O–H groups in total. The van der Waals surface area contributed by atoms with Crippen LogP contribution in [-0.2, 0) is 17.8 Å². The summed E-state index contributed by atoms with van der Waals surface area (Å²) >= 11 is 0. The fourth-order valence-electron chi connectivity index (χ4n) is 4.59. The molecule has 2 aliphatic rings. The van der Waals surface area contributed by atoms with Crippen LogP contribution >= 0.6 is 0 Å². The number of benzene rings is 1. The molecule has 2 saturated heterocycles. The zero-order chi connectivity index (χ0) is 18.7. The smallest absolute Gasteiger partial charge is 0.230 e. The maximum Gasteiger partial charge on any atom is 0.230 e. The highest BCUT2D eigenvalue weighted by Gasteiger charge is 2.41. The number of aryl methyl sites for hydroxylation is 1. The zero-order valence-corrected chi connectivity index (χ0v) is 16.1. The van der Waals surface area contributed by atoms with Crippen LogP contribution in [0.4, 0.5) is 0 Å². The van der Waals surface area contributed by atoms with Crippen molar-refractivity contribution in [3.8, 4) is 0 Å². The number of rotatable bonds is 5. The summed E-state index contributed by atoms with van der Waals surface area (Å²) in [4.78, 5) is 17.0. The highest BCUT2D eigenvalue weighted by molar-refractivity contribution is 5.77. The van der Waals surface area contributed by atoms with Gasteiger partial charge in [0.1, 0.15) is 0 Å². The first-order valence-electron chi connectivity index (χ1n) is 9.95. The van der Waals surface area contributed by atoms with Crippen LogP contribution in [0.25, 0.3) is 0 Å². The summed E-state index contributed by atoms with van der Waals surface area (Å²) in [5.74, 6) is 1.62. The molecule has 6 heteroatoms. The lowest BCUT2D eigenvalue weighted by Gasteiger charge is -2.48. The lowest BCUT2D eigenvalue weighted by molar-refractivity contribution is -0.139. The van der Waals surface area contributed by atoms with Crippen LogP contribution in [0.5, 0.6) is 0 Å². The molecule has 0 saturated carbocycles. The van der Waals surface area contributed by atoms with Gasteiger partial charge in [0.2, 0.25) is 17.7 Å². The minimum atomic E-state index is 0.206. The van der Waals surface area contributed by atoms with Crippen LogP contribution in [0.1, 0.15) is 43.0 Å². The van der Waals surface area contributed by atoms with E-state index in [-0.39, 0.29) is 5.41 Å². The topological polar surface area (TPSA) is 62.5 Å². The first kappa shape index (κ1) is 18.2. The van der Waals surface area contributed by atoms with Crippen LogP contribution in [0.3, 0.4) is 0 Å². The second-order valence-electron chi connectivity index (χ2n) is 8.08. The first-order chi connectivity index (χ1) is 13.1. The number of hydrogen-bond donors (Lipinski definition) is 0. The average molecular weight is 368 g/mol. The normalized spacial score (nSPS) is 23.9. The molecule has 0 bridgehead atoms. The molecule has 3 heterocycles. The van der Waals surface area contributed by atoms with Crippen LogP contribution in [0.2, 0.25) is 0 Å². The van der Waals surface area contributed by atoms with Crippen LogP contribution < -0.4 is 0 Å². The molecule has 6 nitrogen and oxygen atoms in total. The molecule has 1 amide bonds. The number of amides is 1. The molecule has 1 aromatic carbocycles. The number of piperidine rings is 2. The maximum absolute atomic E-state index is 12.5. The largest absolute Gasteiger partial charge is 0.424 e. The van der Waals surface area contributed by atoms with E-state index in [1.807, 2.05) is 13.0 Å². The van der Waals surface area contributed by atoms with Gasteiger partial charge in [0.25, 0.3) is 0 Å². The van der Waals surface area contributed by atoms with Crippen molar-refractivity contribution in [1.82, 2.24) is 20.0 Å². The van der Waals surface area contributed by atoms with Crippen molar-refractivity contribution in [2.45, 2.75) is 45.6 Å². The Kier molecular flexibility index (Phi) is 5.25. The fourth-order valence-corrected chi connectivity index (χ4v) is 4.59. The summed E-state index contributed by atoms with van der Waals surface area (Å²) in [6.45, 7) is 6.28. The summed E-state index contributed by atoms with van der Waals surface area (Å²) in [7, 11) is 0. The van der Waals surface area contributed by atoms with E-state index >= 15 is 0 Å². The summed E-state index contributed by atoms with van der Waals surface area (Å²) in [5, 5.41) is 8.08. The van der Waals surface area contributed by atoms with Gasteiger partial charge in [-0.15, -0.1) is 10.2 Å². The van der Waals surface area contributed by atoms with Gasteiger partial charge in [-0.25, -0.2) is 0 Å². The number of carbonyl (C=O) groups is 1. The van der Waals surface area contributed by atoms with Gasteiger partial charge in [-0.3, -0.25) is 9.69 Å². The van der Waals surface area contributed by atoms with E-state index in [2.05, 4.69) is 44.3 Å². The quantitative estimate of drug-likeness (QED) is 0.812. The summed E-state index contributed by atoms with van der Waals surface area (Å²) in [6, 6.07) is 10.4. The number of carbonyl (C=O) groups excluding carboxylic acids is 1. The molecule has 1 spiro atoms. The third kappa shape index (κ3) is 4.38. The van der Waals surface area contributed by atoms with Gasteiger partial charge >= 0.3 is 0 Å². The highest BCUT2D eigenvalue weighted by Crippen LogP contribution is 2.39. The van der Waals surface area contributed by atoms with Crippen LogP contribution in [0, 0.1) is 12.3 Å². The van der Waals surface area contributed by atoms with Gasteiger partial charge in [0.15, 0.2) is 0 Å². The predicted molar refractivity (Wildman–Crippen MR) is 102 cm³/mol. The summed E-state index contributed by atoms with van der Waals surface area (Å²) < 4.78 is 5.56. The molecule has 1 aromatic heterocycles. The minimum absolute atomic E-state index is 0.206.